The minimum absolute atomic E-state index is 0.115. The lowest BCUT2D eigenvalue weighted by molar-refractivity contribution is 0.0218. The van der Waals surface area contributed by atoms with Gasteiger partial charge in [0.05, 0.1) is 11.6 Å². The van der Waals surface area contributed by atoms with Gasteiger partial charge in [0.15, 0.2) is 10.8 Å². The van der Waals surface area contributed by atoms with E-state index in [9.17, 15) is 4.79 Å². The van der Waals surface area contributed by atoms with Gasteiger partial charge in [0.25, 0.3) is 0 Å². The summed E-state index contributed by atoms with van der Waals surface area (Å²) in [5.41, 5.74) is 0.334. The summed E-state index contributed by atoms with van der Waals surface area (Å²) in [6, 6.07) is 0.115. The molecule has 1 atom stereocenters. The lowest BCUT2D eigenvalue weighted by Crippen LogP contribution is -2.54. The van der Waals surface area contributed by atoms with Crippen molar-refractivity contribution in [3.05, 3.63) is 6.20 Å². The minimum Gasteiger partial charge on any atom is -0.444 e. The number of ether oxygens (including phenoxy) is 1. The summed E-state index contributed by atoms with van der Waals surface area (Å²) in [4.78, 5) is 25.6. The summed E-state index contributed by atoms with van der Waals surface area (Å²) >= 11 is 1.51. The Kier molecular flexibility index (Phi) is 5.01. The van der Waals surface area contributed by atoms with Crippen LogP contribution >= 0.6 is 11.8 Å². The average Bonchev–Trinajstić information content (AvgIpc) is 2.94. The smallest absolute Gasteiger partial charge is 0.410 e. The van der Waals surface area contributed by atoms with Crippen LogP contribution in [-0.2, 0) is 11.8 Å². The Morgan fingerprint density at radius 2 is 2.04 bits per heavy atom. The zero-order valence-electron chi connectivity index (χ0n) is 16.2. The van der Waals surface area contributed by atoms with E-state index in [1.807, 2.05) is 40.3 Å². The summed E-state index contributed by atoms with van der Waals surface area (Å²) in [5, 5.41) is 5.98. The van der Waals surface area contributed by atoms with Crippen LogP contribution in [0.15, 0.2) is 11.4 Å². The zero-order valence-corrected chi connectivity index (χ0v) is 17.0. The number of hydrogen-bond acceptors (Lipinski definition) is 7. The van der Waals surface area contributed by atoms with Crippen molar-refractivity contribution in [3.63, 3.8) is 0 Å². The van der Waals surface area contributed by atoms with Crippen LogP contribution in [-0.4, -0.2) is 68.3 Å². The maximum absolute atomic E-state index is 12.4. The molecule has 0 aliphatic carbocycles. The van der Waals surface area contributed by atoms with Gasteiger partial charge in [0.2, 0.25) is 0 Å². The van der Waals surface area contributed by atoms with Crippen LogP contribution in [0.5, 0.6) is 0 Å². The number of anilines is 1. The average molecular weight is 379 g/mol. The van der Waals surface area contributed by atoms with Crippen molar-refractivity contribution in [1.29, 1.82) is 0 Å². The molecule has 0 radical (unpaired) electrons. The first-order valence-corrected chi connectivity index (χ1v) is 9.90. The lowest BCUT2D eigenvalue weighted by atomic mass is 10.1. The van der Waals surface area contributed by atoms with E-state index in [2.05, 4.69) is 21.9 Å². The number of fused-ring (bicyclic) bond motifs is 1. The zero-order chi connectivity index (χ0) is 19.1. The molecule has 0 unspecified atom stereocenters. The molecule has 0 saturated carbocycles. The van der Waals surface area contributed by atoms with E-state index in [0.717, 1.165) is 22.0 Å². The minimum atomic E-state index is -0.487. The molecule has 1 fully saturated rings. The van der Waals surface area contributed by atoms with E-state index in [1.54, 1.807) is 9.58 Å². The number of aryl methyl sites for hydroxylation is 1. The van der Waals surface area contributed by atoms with Crippen LogP contribution < -0.4 is 4.90 Å². The highest BCUT2D eigenvalue weighted by atomic mass is 32.2. The summed E-state index contributed by atoms with van der Waals surface area (Å²) in [6.45, 7) is 9.63. The molecule has 2 aromatic rings. The molecule has 8 nitrogen and oxygen atoms in total. The predicted molar refractivity (Wildman–Crippen MR) is 103 cm³/mol. The van der Waals surface area contributed by atoms with Crippen molar-refractivity contribution in [2.75, 3.05) is 30.8 Å². The maximum Gasteiger partial charge on any atom is 0.410 e. The second kappa shape index (κ2) is 6.94. The quantitative estimate of drug-likeness (QED) is 0.587. The van der Waals surface area contributed by atoms with Gasteiger partial charge in [-0.15, -0.1) is 0 Å². The van der Waals surface area contributed by atoms with E-state index >= 15 is 0 Å². The summed E-state index contributed by atoms with van der Waals surface area (Å²) in [6.07, 6.45) is 3.51. The number of rotatable bonds is 2. The van der Waals surface area contributed by atoms with E-state index in [4.69, 9.17) is 9.72 Å². The molecule has 0 N–H and O–H groups in total. The number of hydrogen-bond donors (Lipinski definition) is 0. The van der Waals surface area contributed by atoms with Crippen molar-refractivity contribution in [2.45, 2.75) is 44.5 Å². The predicted octanol–water partition coefficient (Wildman–Crippen LogP) is 2.53. The molecular formula is C17H26N6O2S. The SMILES string of the molecule is CSc1nc(N2CCN(C(=O)OC(C)(C)C)C[C@@H]2C)c2cnn(C)c2n1. The van der Waals surface area contributed by atoms with E-state index < -0.39 is 5.60 Å². The molecule has 9 heteroatoms. The summed E-state index contributed by atoms with van der Waals surface area (Å²) in [7, 11) is 1.88. The van der Waals surface area contributed by atoms with Gasteiger partial charge < -0.3 is 14.5 Å². The van der Waals surface area contributed by atoms with Crippen molar-refractivity contribution in [2.24, 2.45) is 7.05 Å². The van der Waals surface area contributed by atoms with Crippen LogP contribution in [0.25, 0.3) is 11.0 Å². The van der Waals surface area contributed by atoms with Crippen LogP contribution in [0.1, 0.15) is 27.7 Å². The normalized spacial score (nSPS) is 18.5. The topological polar surface area (TPSA) is 76.4 Å². The number of thioether (sulfide) groups is 1. The Hall–Kier alpha value is -2.03. The maximum atomic E-state index is 12.4. The molecule has 1 aliphatic rings. The van der Waals surface area contributed by atoms with Gasteiger partial charge in [-0.05, 0) is 34.0 Å². The second-order valence-electron chi connectivity index (χ2n) is 7.51. The highest BCUT2D eigenvalue weighted by molar-refractivity contribution is 7.98. The van der Waals surface area contributed by atoms with Crippen LogP contribution in [0, 0.1) is 0 Å². The van der Waals surface area contributed by atoms with Gasteiger partial charge in [0.1, 0.15) is 11.4 Å². The molecular weight excluding hydrogens is 352 g/mol. The summed E-state index contributed by atoms with van der Waals surface area (Å²) in [5.74, 6) is 0.879. The third-order valence-electron chi connectivity index (χ3n) is 4.29. The van der Waals surface area contributed by atoms with Gasteiger partial charge in [-0.2, -0.15) is 5.10 Å². The largest absolute Gasteiger partial charge is 0.444 e. The van der Waals surface area contributed by atoms with Gasteiger partial charge >= 0.3 is 6.09 Å². The highest BCUT2D eigenvalue weighted by Gasteiger charge is 2.31. The molecule has 3 heterocycles. The van der Waals surface area contributed by atoms with E-state index in [1.165, 1.54) is 11.8 Å². The van der Waals surface area contributed by atoms with Crippen molar-refractivity contribution in [3.8, 4) is 0 Å². The number of nitrogens with zero attached hydrogens (tertiary/aromatic N) is 6. The van der Waals surface area contributed by atoms with E-state index in [-0.39, 0.29) is 12.1 Å². The first-order valence-electron chi connectivity index (χ1n) is 8.68. The molecule has 0 aromatic carbocycles. The Balaban J connectivity index is 1.84. The standard InChI is InChI=1S/C17H26N6O2S/c1-11-10-22(16(24)25-17(2,3)4)7-8-23(11)14-12-9-18-21(5)13(12)19-15(20-14)26-6/h9,11H,7-8,10H2,1-6H3/t11-/m0/s1. The van der Waals surface area contributed by atoms with Gasteiger partial charge in [-0.25, -0.2) is 14.8 Å². The first-order chi connectivity index (χ1) is 12.2. The fourth-order valence-electron chi connectivity index (χ4n) is 3.06. The molecule has 142 valence electrons. The highest BCUT2D eigenvalue weighted by Crippen LogP contribution is 2.29. The number of carbonyl (C=O) groups excluding carboxylic acids is 1. The Morgan fingerprint density at radius 3 is 2.65 bits per heavy atom. The third kappa shape index (κ3) is 3.72. The number of amides is 1. The molecule has 2 aromatic heterocycles. The molecule has 3 rings (SSSR count). The van der Waals surface area contributed by atoms with Crippen LogP contribution in [0.4, 0.5) is 10.6 Å². The van der Waals surface area contributed by atoms with Crippen LogP contribution in [0.2, 0.25) is 0 Å². The van der Waals surface area contributed by atoms with Gasteiger partial charge in [-0.3, -0.25) is 4.68 Å². The Morgan fingerprint density at radius 1 is 1.31 bits per heavy atom. The fraction of sp³-hybridized carbons (Fsp3) is 0.647. The number of carbonyl (C=O) groups is 1. The van der Waals surface area contributed by atoms with Gasteiger partial charge in [0, 0.05) is 32.7 Å². The monoisotopic (exact) mass is 378 g/mol. The van der Waals surface area contributed by atoms with Crippen molar-refractivity contribution in [1.82, 2.24) is 24.6 Å². The van der Waals surface area contributed by atoms with Crippen molar-refractivity contribution < 1.29 is 9.53 Å². The van der Waals surface area contributed by atoms with Crippen molar-refractivity contribution >= 4 is 34.7 Å². The third-order valence-corrected chi connectivity index (χ3v) is 4.83. The molecule has 1 saturated heterocycles. The molecule has 26 heavy (non-hydrogen) atoms. The molecule has 1 aliphatic heterocycles. The molecule has 0 bridgehead atoms. The molecule has 0 spiro atoms. The van der Waals surface area contributed by atoms with Gasteiger partial charge in [-0.1, -0.05) is 11.8 Å². The second-order valence-corrected chi connectivity index (χ2v) is 8.28. The Labute approximate surface area is 157 Å². The lowest BCUT2D eigenvalue weighted by Gasteiger charge is -2.41. The fourth-order valence-corrected chi connectivity index (χ4v) is 3.42. The first kappa shape index (κ1) is 18.8. The van der Waals surface area contributed by atoms with E-state index in [0.29, 0.717) is 19.6 Å². The number of piperazine rings is 1. The van der Waals surface area contributed by atoms with Crippen LogP contribution in [0.3, 0.4) is 0 Å². The molecule has 1 amide bonds. The number of aromatic nitrogens is 4. The Bertz CT molecular complexity index is 815. The summed E-state index contributed by atoms with van der Waals surface area (Å²) < 4.78 is 7.27.